The molecule has 1 heterocycles. The number of nitrogens with two attached hydrogens (primary N) is 1. The van der Waals surface area contributed by atoms with Gasteiger partial charge in [0.05, 0.1) is 13.0 Å². The van der Waals surface area contributed by atoms with Crippen LogP contribution in [0.4, 0.5) is 0 Å². The first-order valence-corrected chi connectivity index (χ1v) is 7.88. The Labute approximate surface area is 165 Å². The number of benzene rings is 1. The van der Waals surface area contributed by atoms with Crippen LogP contribution in [-0.4, -0.2) is 50.0 Å². The van der Waals surface area contributed by atoms with Gasteiger partial charge in [0, 0.05) is 32.2 Å². The molecule has 0 aliphatic carbocycles. The molecular weight excluding hydrogens is 435 g/mol. The van der Waals surface area contributed by atoms with Crippen LogP contribution >= 0.6 is 24.0 Å². The molecule has 1 fully saturated rings. The smallest absolute Gasteiger partial charge is 0.310 e. The average molecular weight is 460 g/mol. The predicted molar refractivity (Wildman–Crippen MR) is 107 cm³/mol. The number of rotatable bonds is 4. The number of carbonyl (C=O) groups is 2. The number of esters is 1. The van der Waals surface area contributed by atoms with Gasteiger partial charge in [-0.05, 0) is 23.6 Å². The van der Waals surface area contributed by atoms with Gasteiger partial charge in [0.2, 0.25) is 5.91 Å². The lowest BCUT2D eigenvalue weighted by atomic mass is 9.99. The molecular formula is C17H25IN4O3. The molecule has 25 heavy (non-hydrogen) atoms. The minimum Gasteiger partial charge on any atom is -0.469 e. The number of methoxy groups -OCH3 is 1. The molecule has 1 aromatic carbocycles. The quantitative estimate of drug-likeness (QED) is 0.305. The third kappa shape index (κ3) is 5.32. The van der Waals surface area contributed by atoms with Crippen molar-refractivity contribution < 1.29 is 14.3 Å². The summed E-state index contributed by atoms with van der Waals surface area (Å²) in [6, 6.07) is 7.11. The van der Waals surface area contributed by atoms with Crippen molar-refractivity contribution in [3.63, 3.8) is 0 Å². The number of guanidine groups is 1. The summed E-state index contributed by atoms with van der Waals surface area (Å²) < 4.78 is 4.86. The first-order chi connectivity index (χ1) is 11.5. The molecule has 2 atom stereocenters. The van der Waals surface area contributed by atoms with Crippen LogP contribution in [0, 0.1) is 11.8 Å². The summed E-state index contributed by atoms with van der Waals surface area (Å²) in [6.45, 7) is 3.95. The van der Waals surface area contributed by atoms with Gasteiger partial charge in [0.25, 0.3) is 0 Å². The maximum atomic E-state index is 11.8. The van der Waals surface area contributed by atoms with Gasteiger partial charge in [-0.15, -0.1) is 24.0 Å². The fourth-order valence-corrected chi connectivity index (χ4v) is 2.90. The minimum atomic E-state index is -0.440. The van der Waals surface area contributed by atoms with Crippen molar-refractivity contribution in [3.05, 3.63) is 35.4 Å². The second-order valence-electron chi connectivity index (χ2n) is 5.97. The average Bonchev–Trinajstić information content (AvgIpc) is 2.96. The van der Waals surface area contributed by atoms with Crippen molar-refractivity contribution in [2.24, 2.45) is 22.6 Å². The van der Waals surface area contributed by atoms with Crippen molar-refractivity contribution in [2.45, 2.75) is 13.5 Å². The highest BCUT2D eigenvalue weighted by Gasteiger charge is 2.36. The van der Waals surface area contributed by atoms with Crippen LogP contribution in [0.25, 0.3) is 0 Å². The fraction of sp³-hybridized carbons (Fsp3) is 0.471. The summed E-state index contributed by atoms with van der Waals surface area (Å²) in [6.07, 6.45) is 0. The first-order valence-electron chi connectivity index (χ1n) is 7.88. The molecule has 0 radical (unpaired) electrons. The molecule has 0 aromatic heterocycles. The second kappa shape index (κ2) is 9.59. The van der Waals surface area contributed by atoms with Gasteiger partial charge in [-0.2, -0.15) is 0 Å². The summed E-state index contributed by atoms with van der Waals surface area (Å²) in [5.74, 6) is 0.203. The Balaban J connectivity index is 0.00000312. The van der Waals surface area contributed by atoms with Crippen molar-refractivity contribution >= 4 is 41.8 Å². The molecule has 1 aromatic rings. The van der Waals surface area contributed by atoms with Crippen molar-refractivity contribution in [1.29, 1.82) is 0 Å². The SMILES string of the molecule is CN=C(NCc1ccc(C(N)=O)cc1)N1CC(C)C(C(=O)OC)C1.I. The molecule has 0 saturated carbocycles. The highest BCUT2D eigenvalue weighted by molar-refractivity contribution is 14.0. The number of likely N-dealkylation sites (tertiary alicyclic amines) is 1. The number of hydrogen-bond acceptors (Lipinski definition) is 4. The Bertz CT molecular complexity index is 633. The number of nitrogens with zero attached hydrogens (tertiary/aromatic N) is 2. The van der Waals surface area contributed by atoms with Gasteiger partial charge >= 0.3 is 5.97 Å². The largest absolute Gasteiger partial charge is 0.469 e. The van der Waals surface area contributed by atoms with E-state index in [1.54, 1.807) is 19.2 Å². The molecule has 1 aliphatic rings. The Morgan fingerprint density at radius 2 is 1.96 bits per heavy atom. The molecule has 1 aliphatic heterocycles. The lowest BCUT2D eigenvalue weighted by molar-refractivity contribution is -0.145. The number of aliphatic imine (C=N–C) groups is 1. The van der Waals surface area contributed by atoms with Crippen LogP contribution < -0.4 is 11.1 Å². The van der Waals surface area contributed by atoms with E-state index >= 15 is 0 Å². The fourth-order valence-electron chi connectivity index (χ4n) is 2.90. The van der Waals surface area contributed by atoms with Gasteiger partial charge in [0.15, 0.2) is 5.96 Å². The summed E-state index contributed by atoms with van der Waals surface area (Å²) in [4.78, 5) is 29.2. The number of hydrogen-bond donors (Lipinski definition) is 2. The molecule has 138 valence electrons. The third-order valence-electron chi connectivity index (χ3n) is 4.32. The van der Waals surface area contributed by atoms with Gasteiger partial charge in [-0.3, -0.25) is 14.6 Å². The molecule has 2 unspecified atom stereocenters. The predicted octanol–water partition coefficient (Wildman–Crippen LogP) is 1.22. The summed E-state index contributed by atoms with van der Waals surface area (Å²) in [7, 11) is 3.13. The van der Waals surface area contributed by atoms with E-state index in [0.29, 0.717) is 18.7 Å². The standard InChI is InChI=1S/C17H24N4O3.HI/c1-11-9-21(10-14(11)16(23)24-3)17(19-2)20-8-12-4-6-13(7-5-12)15(18)22;/h4-7,11,14H,8-10H2,1-3H3,(H2,18,22)(H,19,20);1H. The molecule has 0 spiro atoms. The Kier molecular flexibility index (Phi) is 8.14. The van der Waals surface area contributed by atoms with E-state index in [0.717, 1.165) is 18.1 Å². The highest BCUT2D eigenvalue weighted by atomic mass is 127. The van der Waals surface area contributed by atoms with Crippen LogP contribution in [0.1, 0.15) is 22.8 Å². The molecule has 7 nitrogen and oxygen atoms in total. The minimum absolute atomic E-state index is 0. The summed E-state index contributed by atoms with van der Waals surface area (Å²) in [5, 5.41) is 3.28. The second-order valence-corrected chi connectivity index (χ2v) is 5.97. The van der Waals surface area contributed by atoms with Crippen molar-refractivity contribution in [2.75, 3.05) is 27.2 Å². The lowest BCUT2D eigenvalue weighted by Crippen LogP contribution is -2.40. The third-order valence-corrected chi connectivity index (χ3v) is 4.32. The van der Waals surface area contributed by atoms with Crippen LogP contribution in [0.15, 0.2) is 29.3 Å². The maximum Gasteiger partial charge on any atom is 0.310 e. The highest BCUT2D eigenvalue weighted by Crippen LogP contribution is 2.24. The number of ether oxygens (including phenoxy) is 1. The monoisotopic (exact) mass is 460 g/mol. The molecule has 8 heteroatoms. The van der Waals surface area contributed by atoms with E-state index in [9.17, 15) is 9.59 Å². The number of nitrogens with one attached hydrogen (secondary N) is 1. The van der Waals surface area contributed by atoms with Gasteiger partial charge < -0.3 is 20.7 Å². The Morgan fingerprint density at radius 3 is 2.48 bits per heavy atom. The van der Waals surface area contributed by atoms with Crippen LogP contribution in [-0.2, 0) is 16.1 Å². The van der Waals surface area contributed by atoms with Crippen LogP contribution in [0.5, 0.6) is 0 Å². The number of carbonyl (C=O) groups excluding carboxylic acids is 2. The normalized spacial score (nSPS) is 20.0. The lowest BCUT2D eigenvalue weighted by Gasteiger charge is -2.21. The van der Waals surface area contributed by atoms with Gasteiger partial charge in [-0.1, -0.05) is 19.1 Å². The molecule has 3 N–H and O–H groups in total. The maximum absolute atomic E-state index is 11.8. The molecule has 2 rings (SSSR count). The number of primary amides is 1. The van der Waals surface area contributed by atoms with Crippen LogP contribution in [0.3, 0.4) is 0 Å². The van der Waals surface area contributed by atoms with E-state index in [-0.39, 0.29) is 41.8 Å². The summed E-state index contributed by atoms with van der Waals surface area (Å²) >= 11 is 0. The Morgan fingerprint density at radius 1 is 1.32 bits per heavy atom. The summed E-state index contributed by atoms with van der Waals surface area (Å²) in [5.41, 5.74) is 6.73. The molecule has 1 amide bonds. The molecule has 1 saturated heterocycles. The number of amides is 1. The van der Waals surface area contributed by atoms with E-state index in [1.165, 1.54) is 7.11 Å². The van der Waals surface area contributed by atoms with Crippen molar-refractivity contribution in [3.8, 4) is 0 Å². The van der Waals surface area contributed by atoms with Gasteiger partial charge in [-0.25, -0.2) is 0 Å². The zero-order valence-electron chi connectivity index (χ0n) is 14.7. The van der Waals surface area contributed by atoms with E-state index in [1.807, 2.05) is 19.1 Å². The number of halogens is 1. The van der Waals surface area contributed by atoms with E-state index in [2.05, 4.69) is 15.2 Å². The van der Waals surface area contributed by atoms with E-state index < -0.39 is 5.91 Å². The first kappa shape index (κ1) is 21.2. The van der Waals surface area contributed by atoms with Crippen LogP contribution in [0.2, 0.25) is 0 Å². The molecule has 0 bridgehead atoms. The topological polar surface area (TPSA) is 97.0 Å². The van der Waals surface area contributed by atoms with E-state index in [4.69, 9.17) is 10.5 Å². The van der Waals surface area contributed by atoms with Gasteiger partial charge in [0.1, 0.15) is 0 Å². The van der Waals surface area contributed by atoms with Crippen molar-refractivity contribution in [1.82, 2.24) is 10.2 Å². The zero-order valence-corrected chi connectivity index (χ0v) is 17.0. The zero-order chi connectivity index (χ0) is 17.7. The Hall–Kier alpha value is -1.84.